The van der Waals surface area contributed by atoms with Crippen LogP contribution in [0, 0.1) is 0 Å². The third-order valence-corrected chi connectivity index (χ3v) is 2.96. The zero-order valence-corrected chi connectivity index (χ0v) is 11.4. The second kappa shape index (κ2) is 6.34. The molecule has 1 heterocycles. The average molecular weight is 289 g/mol. The number of benzene rings is 1. The molecule has 1 aromatic carbocycles. The Morgan fingerprint density at radius 2 is 1.95 bits per heavy atom. The Balaban J connectivity index is 2.53. The van der Waals surface area contributed by atoms with E-state index in [2.05, 4.69) is 9.72 Å². The highest BCUT2D eigenvalue weighted by Crippen LogP contribution is 2.24. The third-order valence-electron chi connectivity index (χ3n) is 2.96. The SMILES string of the molecule is COC(=O)c1cc(C(O)CO)cc(-c2ccc(O)cc2)n1. The van der Waals surface area contributed by atoms with Crippen LogP contribution in [0.3, 0.4) is 0 Å². The van der Waals surface area contributed by atoms with Crippen LogP contribution >= 0.6 is 0 Å². The topological polar surface area (TPSA) is 99.9 Å². The monoisotopic (exact) mass is 289 g/mol. The fourth-order valence-electron chi connectivity index (χ4n) is 1.84. The largest absolute Gasteiger partial charge is 0.508 e. The number of carbonyl (C=O) groups is 1. The molecule has 0 aliphatic rings. The molecule has 0 spiro atoms. The fourth-order valence-corrected chi connectivity index (χ4v) is 1.84. The van der Waals surface area contributed by atoms with Crippen LogP contribution in [-0.4, -0.2) is 40.0 Å². The number of aromatic nitrogens is 1. The summed E-state index contributed by atoms with van der Waals surface area (Å²) in [5, 5.41) is 28.1. The molecule has 0 amide bonds. The maximum Gasteiger partial charge on any atom is 0.356 e. The highest BCUT2D eigenvalue weighted by atomic mass is 16.5. The van der Waals surface area contributed by atoms with Crippen molar-refractivity contribution in [3.8, 4) is 17.0 Å². The molecule has 0 fully saturated rings. The van der Waals surface area contributed by atoms with Crippen molar-refractivity contribution < 1.29 is 24.9 Å². The summed E-state index contributed by atoms with van der Waals surface area (Å²) in [4.78, 5) is 15.8. The lowest BCUT2D eigenvalue weighted by Crippen LogP contribution is -2.09. The molecule has 6 heteroatoms. The van der Waals surface area contributed by atoms with Crippen molar-refractivity contribution in [1.82, 2.24) is 4.98 Å². The van der Waals surface area contributed by atoms with Crippen molar-refractivity contribution in [3.05, 3.63) is 47.7 Å². The summed E-state index contributed by atoms with van der Waals surface area (Å²) >= 11 is 0. The van der Waals surface area contributed by atoms with Crippen LogP contribution in [0.25, 0.3) is 11.3 Å². The molecule has 2 rings (SSSR count). The fraction of sp³-hybridized carbons (Fsp3) is 0.200. The summed E-state index contributed by atoms with van der Waals surface area (Å²) in [5.41, 5.74) is 1.48. The van der Waals surface area contributed by atoms with Gasteiger partial charge in [-0.1, -0.05) is 0 Å². The number of phenols is 1. The first-order valence-electron chi connectivity index (χ1n) is 6.23. The van der Waals surface area contributed by atoms with Crippen molar-refractivity contribution in [1.29, 1.82) is 0 Å². The van der Waals surface area contributed by atoms with Gasteiger partial charge in [0.15, 0.2) is 0 Å². The normalized spacial score (nSPS) is 12.0. The van der Waals surface area contributed by atoms with E-state index in [1.54, 1.807) is 18.2 Å². The molecule has 6 nitrogen and oxygen atoms in total. The van der Waals surface area contributed by atoms with Crippen LogP contribution in [0.15, 0.2) is 36.4 Å². The molecule has 0 aliphatic heterocycles. The predicted octanol–water partition coefficient (Wildman–Crippen LogP) is 1.27. The van der Waals surface area contributed by atoms with E-state index < -0.39 is 18.7 Å². The number of carbonyl (C=O) groups excluding carboxylic acids is 1. The van der Waals surface area contributed by atoms with E-state index in [1.165, 1.54) is 25.3 Å². The summed E-state index contributed by atoms with van der Waals surface area (Å²) < 4.78 is 4.63. The van der Waals surface area contributed by atoms with Gasteiger partial charge >= 0.3 is 5.97 Å². The van der Waals surface area contributed by atoms with E-state index in [1.807, 2.05) is 0 Å². The number of phenolic OH excluding ortho intramolecular Hbond substituents is 1. The van der Waals surface area contributed by atoms with E-state index in [9.17, 15) is 15.0 Å². The van der Waals surface area contributed by atoms with E-state index >= 15 is 0 Å². The molecule has 1 unspecified atom stereocenters. The summed E-state index contributed by atoms with van der Waals surface area (Å²) in [6.07, 6.45) is -1.12. The van der Waals surface area contributed by atoms with Gasteiger partial charge in [0, 0.05) is 5.56 Å². The molecule has 2 aromatic rings. The summed E-state index contributed by atoms with van der Waals surface area (Å²) in [5.74, 6) is -0.527. The first-order chi connectivity index (χ1) is 10.0. The van der Waals surface area contributed by atoms with Crippen molar-refractivity contribution >= 4 is 5.97 Å². The van der Waals surface area contributed by atoms with E-state index in [-0.39, 0.29) is 11.4 Å². The smallest absolute Gasteiger partial charge is 0.356 e. The van der Waals surface area contributed by atoms with Crippen LogP contribution < -0.4 is 0 Å². The second-order valence-corrected chi connectivity index (χ2v) is 4.41. The van der Waals surface area contributed by atoms with Crippen LogP contribution in [0.2, 0.25) is 0 Å². The Hall–Kier alpha value is -2.44. The van der Waals surface area contributed by atoms with Crippen LogP contribution in [0.5, 0.6) is 5.75 Å². The molecule has 21 heavy (non-hydrogen) atoms. The van der Waals surface area contributed by atoms with Crippen molar-refractivity contribution in [2.45, 2.75) is 6.10 Å². The standard InChI is InChI=1S/C15H15NO5/c1-21-15(20)13-7-10(14(19)8-17)6-12(16-13)9-2-4-11(18)5-3-9/h2-7,14,17-19H,8H2,1H3. The van der Waals surface area contributed by atoms with Gasteiger partial charge in [-0.2, -0.15) is 0 Å². The molecular formula is C15H15NO5. The minimum Gasteiger partial charge on any atom is -0.508 e. The molecule has 1 atom stereocenters. The zero-order chi connectivity index (χ0) is 15.4. The number of hydrogen-bond acceptors (Lipinski definition) is 6. The number of aromatic hydroxyl groups is 1. The lowest BCUT2D eigenvalue weighted by molar-refractivity contribution is 0.0592. The Morgan fingerprint density at radius 1 is 1.29 bits per heavy atom. The summed E-state index contributed by atoms with van der Waals surface area (Å²) in [6, 6.07) is 9.19. The maximum absolute atomic E-state index is 11.6. The molecule has 110 valence electrons. The molecule has 0 radical (unpaired) electrons. The van der Waals surface area contributed by atoms with Gasteiger partial charge in [-0.05, 0) is 42.0 Å². The molecule has 0 aliphatic carbocycles. The third kappa shape index (κ3) is 3.36. The minimum atomic E-state index is -1.12. The highest BCUT2D eigenvalue weighted by molar-refractivity contribution is 5.88. The van der Waals surface area contributed by atoms with Gasteiger partial charge in [0.25, 0.3) is 0 Å². The number of nitrogens with zero attached hydrogens (tertiary/aromatic N) is 1. The number of aliphatic hydroxyl groups is 2. The predicted molar refractivity (Wildman–Crippen MR) is 74.7 cm³/mol. The Bertz CT molecular complexity index is 639. The number of pyridine rings is 1. The minimum absolute atomic E-state index is 0.0329. The lowest BCUT2D eigenvalue weighted by Gasteiger charge is -2.11. The summed E-state index contributed by atoms with van der Waals surface area (Å²) in [7, 11) is 1.24. The molecule has 0 bridgehead atoms. The quantitative estimate of drug-likeness (QED) is 0.733. The highest BCUT2D eigenvalue weighted by Gasteiger charge is 2.15. The number of methoxy groups -OCH3 is 1. The van der Waals surface area contributed by atoms with E-state index in [0.717, 1.165) is 0 Å². The molecule has 0 saturated carbocycles. The number of aliphatic hydroxyl groups excluding tert-OH is 2. The van der Waals surface area contributed by atoms with Crippen molar-refractivity contribution in [3.63, 3.8) is 0 Å². The molecule has 3 N–H and O–H groups in total. The molecule has 0 saturated heterocycles. The van der Waals surface area contributed by atoms with E-state index in [0.29, 0.717) is 16.8 Å². The van der Waals surface area contributed by atoms with Gasteiger partial charge in [0.2, 0.25) is 0 Å². The van der Waals surface area contributed by atoms with E-state index in [4.69, 9.17) is 5.11 Å². The molecule has 1 aromatic heterocycles. The number of ether oxygens (including phenoxy) is 1. The van der Waals surface area contributed by atoms with Crippen molar-refractivity contribution in [2.75, 3.05) is 13.7 Å². The van der Waals surface area contributed by atoms with Gasteiger partial charge in [-0.15, -0.1) is 0 Å². The van der Waals surface area contributed by atoms with Gasteiger partial charge in [0.1, 0.15) is 17.5 Å². The zero-order valence-electron chi connectivity index (χ0n) is 11.4. The average Bonchev–Trinajstić information content (AvgIpc) is 2.53. The van der Waals surface area contributed by atoms with Gasteiger partial charge in [0.05, 0.1) is 19.4 Å². The summed E-state index contributed by atoms with van der Waals surface area (Å²) in [6.45, 7) is -0.473. The van der Waals surface area contributed by atoms with Crippen molar-refractivity contribution in [2.24, 2.45) is 0 Å². The Morgan fingerprint density at radius 3 is 2.52 bits per heavy atom. The van der Waals surface area contributed by atoms with Crippen LogP contribution in [0.1, 0.15) is 22.2 Å². The number of rotatable bonds is 4. The number of hydrogen-bond donors (Lipinski definition) is 3. The first-order valence-corrected chi connectivity index (χ1v) is 6.23. The van der Waals surface area contributed by atoms with Crippen LogP contribution in [-0.2, 0) is 4.74 Å². The van der Waals surface area contributed by atoms with Crippen LogP contribution in [0.4, 0.5) is 0 Å². The Kier molecular flexibility index (Phi) is 4.52. The lowest BCUT2D eigenvalue weighted by atomic mass is 10.0. The molecular weight excluding hydrogens is 274 g/mol. The second-order valence-electron chi connectivity index (χ2n) is 4.41. The first kappa shape index (κ1) is 15.0. The van der Waals surface area contributed by atoms with Gasteiger partial charge in [-0.25, -0.2) is 9.78 Å². The van der Waals surface area contributed by atoms with Gasteiger partial charge in [-0.3, -0.25) is 0 Å². The maximum atomic E-state index is 11.6. The Labute approximate surface area is 121 Å². The van der Waals surface area contributed by atoms with Gasteiger partial charge < -0.3 is 20.1 Å². The number of esters is 1.